The van der Waals surface area contributed by atoms with Crippen LogP contribution in [0.3, 0.4) is 0 Å². The maximum atomic E-state index is 14.5. The van der Waals surface area contributed by atoms with E-state index in [1.54, 1.807) is 17.6 Å². The molecule has 0 amide bonds. The maximum Gasteiger partial charge on any atom is 0.292 e. The standard InChI is InChI=1S/C22H23FN2O4/c1-9-11-4-3-5-12-14-8-25-17(19(14)24-16(18(11)12)7-15(9)23)6-13(10(2)21(25)27)20(26)22(28)29/h6-7,19-20,22,24,26,28-29H,3-5,8H2,1-2H3/p+1. The molecule has 5 rings (SSSR count). The number of rotatable bonds is 2. The van der Waals surface area contributed by atoms with Crippen LogP contribution in [-0.4, -0.2) is 26.2 Å². The molecule has 0 saturated carbocycles. The summed E-state index contributed by atoms with van der Waals surface area (Å²) in [4.78, 5) is 13.0. The van der Waals surface area contributed by atoms with E-state index in [2.05, 4.69) is 5.32 Å². The lowest BCUT2D eigenvalue weighted by molar-refractivity contribution is -0.124. The average Bonchev–Trinajstić information content (AvgIpc) is 3.07. The minimum Gasteiger partial charge on any atom is -0.419 e. The van der Waals surface area contributed by atoms with E-state index < -0.39 is 12.4 Å². The van der Waals surface area contributed by atoms with Crippen molar-refractivity contribution in [3.05, 3.63) is 67.4 Å². The van der Waals surface area contributed by atoms with Gasteiger partial charge in [0.1, 0.15) is 5.82 Å². The Morgan fingerprint density at radius 1 is 1.24 bits per heavy atom. The third kappa shape index (κ3) is 2.48. The Morgan fingerprint density at radius 2 is 2.00 bits per heavy atom. The van der Waals surface area contributed by atoms with Crippen molar-refractivity contribution in [1.29, 1.82) is 0 Å². The molecule has 0 bridgehead atoms. The molecule has 1 aliphatic carbocycles. The molecule has 0 saturated heterocycles. The number of aromatic nitrogens is 1. The third-order valence-corrected chi connectivity index (χ3v) is 6.70. The smallest absolute Gasteiger partial charge is 0.292 e. The number of anilines is 1. The van der Waals surface area contributed by atoms with Crippen molar-refractivity contribution >= 4 is 11.3 Å². The minimum atomic E-state index is -1.73. The second kappa shape index (κ2) is 6.26. The van der Waals surface area contributed by atoms with Crippen LogP contribution in [0.1, 0.15) is 58.5 Å². The fraction of sp³-hybridized carbons (Fsp3) is 0.409. The molecule has 0 spiro atoms. The fourth-order valence-electron chi connectivity index (χ4n) is 5.16. The van der Waals surface area contributed by atoms with Gasteiger partial charge in [-0.1, -0.05) is 0 Å². The first-order valence-corrected chi connectivity index (χ1v) is 9.92. The molecule has 29 heavy (non-hydrogen) atoms. The summed E-state index contributed by atoms with van der Waals surface area (Å²) in [6.45, 7) is 3.88. The number of hydrogen-bond acceptors (Lipinski definition) is 4. The zero-order chi connectivity index (χ0) is 20.6. The molecule has 0 fully saturated rings. The predicted octanol–water partition coefficient (Wildman–Crippen LogP) is 1.95. The van der Waals surface area contributed by atoms with E-state index >= 15 is 0 Å². The van der Waals surface area contributed by atoms with Crippen LogP contribution in [0.25, 0.3) is 5.57 Å². The molecule has 1 aromatic carbocycles. The van der Waals surface area contributed by atoms with E-state index in [9.17, 15) is 19.4 Å². The first-order valence-electron chi connectivity index (χ1n) is 9.92. The van der Waals surface area contributed by atoms with Crippen LogP contribution < -0.4 is 10.9 Å². The van der Waals surface area contributed by atoms with E-state index in [0.29, 0.717) is 23.4 Å². The summed E-state index contributed by atoms with van der Waals surface area (Å²) in [7, 11) is 0. The zero-order valence-electron chi connectivity index (χ0n) is 16.3. The molecule has 3 atom stereocenters. The van der Waals surface area contributed by atoms with Gasteiger partial charge in [-0.3, -0.25) is 4.79 Å². The molecular formula is C22H24FN2O4+. The van der Waals surface area contributed by atoms with Gasteiger partial charge in [-0.25, -0.2) is 4.39 Å². The van der Waals surface area contributed by atoms with Crippen LogP contribution in [-0.2, 0) is 13.0 Å². The summed E-state index contributed by atoms with van der Waals surface area (Å²) in [5.74, 6) is -0.233. The van der Waals surface area contributed by atoms with Crippen molar-refractivity contribution in [3.8, 4) is 0 Å². The SMILES string of the molecule is Cc1c(F)cc2c3c1CCCC3=C1Cn3c(cc(C(O)C(O)[OH2+])c(C)c3=O)C1N2. The fourth-order valence-corrected chi connectivity index (χ4v) is 5.16. The molecule has 3 heterocycles. The molecule has 5 N–H and O–H groups in total. The predicted molar refractivity (Wildman–Crippen MR) is 107 cm³/mol. The highest BCUT2D eigenvalue weighted by Crippen LogP contribution is 2.50. The lowest BCUT2D eigenvalue weighted by atomic mass is 9.78. The van der Waals surface area contributed by atoms with Crippen LogP contribution in [0, 0.1) is 19.7 Å². The number of nitrogens with zero attached hydrogens (tertiary/aromatic N) is 1. The van der Waals surface area contributed by atoms with Crippen molar-refractivity contribution in [2.75, 3.05) is 5.32 Å². The second-order valence-corrected chi connectivity index (χ2v) is 8.25. The number of benzene rings is 1. The molecule has 3 aliphatic rings. The topological polar surface area (TPSA) is 97.4 Å². The lowest BCUT2D eigenvalue weighted by Gasteiger charge is -2.33. The minimum absolute atomic E-state index is 0.232. The Hall–Kier alpha value is -2.48. The Labute approximate surface area is 166 Å². The molecule has 0 radical (unpaired) electrons. The number of hydrogen-bond donors (Lipinski definition) is 3. The van der Waals surface area contributed by atoms with Crippen molar-refractivity contribution in [2.45, 2.75) is 58.1 Å². The number of nitrogens with one attached hydrogen (secondary N) is 1. The van der Waals surface area contributed by atoms with Crippen molar-refractivity contribution in [3.63, 3.8) is 0 Å². The Balaban J connectivity index is 1.73. The molecular weight excluding hydrogens is 375 g/mol. The van der Waals surface area contributed by atoms with Crippen LogP contribution in [0.15, 0.2) is 22.5 Å². The summed E-state index contributed by atoms with van der Waals surface area (Å²) in [5, 5.41) is 30.6. The number of aliphatic hydroxyl groups excluding tert-OH is 2. The van der Waals surface area contributed by atoms with Gasteiger partial charge in [-0.05, 0) is 67.5 Å². The van der Waals surface area contributed by atoms with E-state index in [1.807, 2.05) is 6.92 Å². The van der Waals surface area contributed by atoms with E-state index in [-0.39, 0.29) is 23.0 Å². The second-order valence-electron chi connectivity index (χ2n) is 8.25. The normalized spacial score (nSPS) is 21.2. The number of aliphatic hydroxyl groups is 2. The van der Waals surface area contributed by atoms with Crippen LogP contribution >= 0.6 is 0 Å². The molecule has 7 heteroatoms. The van der Waals surface area contributed by atoms with E-state index in [4.69, 9.17) is 5.11 Å². The molecule has 3 unspecified atom stereocenters. The highest BCUT2D eigenvalue weighted by atomic mass is 19.1. The molecule has 2 aliphatic heterocycles. The third-order valence-electron chi connectivity index (χ3n) is 6.70. The molecule has 2 aromatic rings. The molecule has 1 aromatic heterocycles. The van der Waals surface area contributed by atoms with Gasteiger partial charge in [-0.2, -0.15) is 0 Å². The van der Waals surface area contributed by atoms with Gasteiger partial charge in [0.15, 0.2) is 6.10 Å². The average molecular weight is 399 g/mol. The number of allylic oxidation sites excluding steroid dienone is 1. The van der Waals surface area contributed by atoms with Crippen LogP contribution in [0.5, 0.6) is 0 Å². The number of pyridine rings is 1. The van der Waals surface area contributed by atoms with Gasteiger partial charge < -0.3 is 25.2 Å². The number of fused-ring (bicyclic) bond motifs is 3. The lowest BCUT2D eigenvalue weighted by Crippen LogP contribution is -2.28. The van der Waals surface area contributed by atoms with Crippen molar-refractivity contribution in [2.24, 2.45) is 0 Å². The Kier molecular flexibility index (Phi) is 4.00. The monoisotopic (exact) mass is 399 g/mol. The van der Waals surface area contributed by atoms with Gasteiger partial charge in [-0.15, -0.1) is 0 Å². The highest BCUT2D eigenvalue weighted by Gasteiger charge is 2.39. The number of halogens is 1. The van der Waals surface area contributed by atoms with Crippen molar-refractivity contribution in [1.82, 2.24) is 4.57 Å². The van der Waals surface area contributed by atoms with Gasteiger partial charge in [0, 0.05) is 34.6 Å². The summed E-state index contributed by atoms with van der Waals surface area (Å²) in [6, 6.07) is 2.95. The Bertz CT molecular complexity index is 1150. The molecule has 6 nitrogen and oxygen atoms in total. The summed E-state index contributed by atoms with van der Waals surface area (Å²) >= 11 is 0. The summed E-state index contributed by atoms with van der Waals surface area (Å²) in [5.41, 5.74) is 6.92. The largest absolute Gasteiger partial charge is 0.419 e. The highest BCUT2D eigenvalue weighted by molar-refractivity contribution is 5.87. The van der Waals surface area contributed by atoms with E-state index in [1.165, 1.54) is 11.6 Å². The zero-order valence-corrected chi connectivity index (χ0v) is 16.3. The van der Waals surface area contributed by atoms with E-state index in [0.717, 1.165) is 41.6 Å². The quantitative estimate of drug-likeness (QED) is 0.531. The summed E-state index contributed by atoms with van der Waals surface area (Å²) < 4.78 is 16.2. The molecule has 152 valence electrons. The summed E-state index contributed by atoms with van der Waals surface area (Å²) in [6.07, 6.45) is -0.502. The first kappa shape index (κ1) is 18.5. The van der Waals surface area contributed by atoms with Gasteiger partial charge >= 0.3 is 0 Å². The van der Waals surface area contributed by atoms with Crippen LogP contribution in [0.4, 0.5) is 10.1 Å². The Morgan fingerprint density at radius 3 is 2.72 bits per heavy atom. The van der Waals surface area contributed by atoms with Crippen LogP contribution in [0.2, 0.25) is 0 Å². The van der Waals surface area contributed by atoms with Crippen molar-refractivity contribution < 1.29 is 19.7 Å². The maximum absolute atomic E-state index is 14.5. The van der Waals surface area contributed by atoms with Gasteiger partial charge in [0.2, 0.25) is 0 Å². The first-order chi connectivity index (χ1) is 13.8. The van der Waals surface area contributed by atoms with Gasteiger partial charge in [0.25, 0.3) is 11.8 Å². The van der Waals surface area contributed by atoms with Gasteiger partial charge in [0.05, 0.1) is 6.04 Å².